The highest BCUT2D eigenvalue weighted by molar-refractivity contribution is 7.26. The van der Waals surface area contributed by atoms with Crippen LogP contribution in [0, 0.1) is 6.92 Å². The number of aliphatic carboxylic acids is 2. The Morgan fingerprint density at radius 1 is 0.817 bits per heavy atom. The van der Waals surface area contributed by atoms with Gasteiger partial charge in [-0.1, -0.05) is 67.8 Å². The summed E-state index contributed by atoms with van der Waals surface area (Å²) in [6, 6.07) is 27.1. The van der Waals surface area contributed by atoms with Gasteiger partial charge in [0.1, 0.15) is 5.01 Å². The number of hydrogen-bond donors (Lipinski definition) is 4. The standard InChI is InChI=1S/C47H45F3N4O4S2/c1-28-45(31-10-6-3-7-11-31)53-46(59-28)41-24-37-40(60-41)15-13-33(26-52-19-17-43(57)58)44(37)39-21-29(25-51-18-16-42(55)56)20-35-22-34(27-54(35)39)32-12-14-36(30-8-4-2-5-9-30)38(23-32)47(48,49)50/h3,6-7,10-15,20-24,27,30,51-52H,2,4-5,8-9,16-19,25-26H2,1H3,(H,55,56)(H,57,58). The smallest absolute Gasteiger partial charge is 0.416 e. The van der Waals surface area contributed by atoms with Crippen LogP contribution in [0.3, 0.4) is 0 Å². The number of fused-ring (bicyclic) bond motifs is 2. The number of hydrogen-bond acceptors (Lipinski definition) is 7. The van der Waals surface area contributed by atoms with E-state index in [1.54, 1.807) is 28.7 Å². The van der Waals surface area contributed by atoms with Crippen molar-refractivity contribution in [1.82, 2.24) is 20.0 Å². The molecule has 0 aliphatic heterocycles. The first-order valence-corrected chi connectivity index (χ1v) is 21.9. The van der Waals surface area contributed by atoms with Crippen LogP contribution in [0.1, 0.15) is 78.0 Å². The number of nitrogens with one attached hydrogen (secondary N) is 2. The second kappa shape index (κ2) is 17.7. The second-order valence-electron chi connectivity index (χ2n) is 15.5. The molecule has 0 spiro atoms. The molecule has 7 aromatic rings. The molecule has 0 unspecified atom stereocenters. The minimum atomic E-state index is -4.51. The second-order valence-corrected chi connectivity index (χ2v) is 17.7. The van der Waals surface area contributed by atoms with Gasteiger partial charge in [0.15, 0.2) is 0 Å². The van der Waals surface area contributed by atoms with Crippen LogP contribution < -0.4 is 10.6 Å². The largest absolute Gasteiger partial charge is 0.481 e. The summed E-state index contributed by atoms with van der Waals surface area (Å²) < 4.78 is 47.3. The number of nitrogens with zero attached hydrogens (tertiary/aromatic N) is 2. The third kappa shape index (κ3) is 9.04. The Morgan fingerprint density at radius 3 is 2.27 bits per heavy atom. The maximum atomic E-state index is 14.7. The van der Waals surface area contributed by atoms with E-state index in [0.717, 1.165) is 96.1 Å². The number of alkyl halides is 3. The lowest BCUT2D eigenvalue weighted by molar-refractivity contribution is -0.139. The van der Waals surface area contributed by atoms with Crippen molar-refractivity contribution in [3.05, 3.63) is 118 Å². The van der Waals surface area contributed by atoms with Crippen LogP contribution >= 0.6 is 22.7 Å². The van der Waals surface area contributed by atoms with Crippen LogP contribution in [0.4, 0.5) is 13.2 Å². The van der Waals surface area contributed by atoms with E-state index < -0.39 is 23.7 Å². The maximum Gasteiger partial charge on any atom is 0.416 e. The quantitative estimate of drug-likeness (QED) is 0.0759. The van der Waals surface area contributed by atoms with E-state index in [0.29, 0.717) is 29.8 Å². The zero-order valence-electron chi connectivity index (χ0n) is 33.1. The third-order valence-corrected chi connectivity index (χ3v) is 13.5. The zero-order valence-corrected chi connectivity index (χ0v) is 34.7. The molecular formula is C47H45F3N4O4S2. The first-order valence-electron chi connectivity index (χ1n) is 20.2. The molecule has 1 saturated carbocycles. The molecule has 4 N–H and O–H groups in total. The molecule has 60 heavy (non-hydrogen) atoms. The molecule has 1 aliphatic rings. The molecule has 1 fully saturated rings. The molecule has 0 saturated heterocycles. The number of rotatable bonds is 15. The number of thiophene rings is 1. The van der Waals surface area contributed by atoms with E-state index in [-0.39, 0.29) is 31.8 Å². The third-order valence-electron chi connectivity index (χ3n) is 11.3. The molecule has 0 bridgehead atoms. The molecule has 13 heteroatoms. The molecule has 0 radical (unpaired) electrons. The van der Waals surface area contributed by atoms with Crippen LogP contribution in [0.15, 0.2) is 91.1 Å². The molecule has 8 nitrogen and oxygen atoms in total. The van der Waals surface area contributed by atoms with Crippen molar-refractivity contribution in [2.45, 2.75) is 77.1 Å². The molecule has 1 aliphatic carbocycles. The number of benzene rings is 3. The molecule has 0 atom stereocenters. The van der Waals surface area contributed by atoms with E-state index >= 15 is 0 Å². The molecular weight excluding hydrogens is 806 g/mol. The fourth-order valence-electron chi connectivity index (χ4n) is 8.40. The van der Waals surface area contributed by atoms with Crippen molar-refractivity contribution in [2.75, 3.05) is 13.1 Å². The van der Waals surface area contributed by atoms with Crippen molar-refractivity contribution < 1.29 is 33.0 Å². The summed E-state index contributed by atoms with van der Waals surface area (Å²) >= 11 is 3.26. The number of aromatic nitrogens is 2. The average molecular weight is 851 g/mol. The summed E-state index contributed by atoms with van der Waals surface area (Å²) in [7, 11) is 0. The Hall–Kier alpha value is -5.34. The number of carboxylic acid groups (broad SMARTS) is 2. The van der Waals surface area contributed by atoms with Crippen LogP contribution in [-0.4, -0.2) is 44.6 Å². The zero-order chi connectivity index (χ0) is 42.0. The number of pyridine rings is 1. The Kier molecular flexibility index (Phi) is 12.2. The lowest BCUT2D eigenvalue weighted by Gasteiger charge is -2.25. The SMILES string of the molecule is Cc1sc(-c2cc3c(-c4cc(CNCCC(=O)O)cc5cc(-c6ccc(C7CCCCC7)c(C(F)(F)F)c6)cn45)c(CNCCC(=O)O)ccc3s2)nc1-c1ccccc1. The predicted molar refractivity (Wildman–Crippen MR) is 234 cm³/mol. The van der Waals surface area contributed by atoms with Gasteiger partial charge in [-0.15, -0.1) is 22.7 Å². The number of aryl methyl sites for hydroxylation is 1. The summed E-state index contributed by atoms with van der Waals surface area (Å²) in [4.78, 5) is 29.9. The van der Waals surface area contributed by atoms with Gasteiger partial charge in [0.05, 0.1) is 34.7 Å². The van der Waals surface area contributed by atoms with Gasteiger partial charge in [0.2, 0.25) is 0 Å². The van der Waals surface area contributed by atoms with Gasteiger partial charge in [-0.25, -0.2) is 4.98 Å². The van der Waals surface area contributed by atoms with Gasteiger partial charge in [0.25, 0.3) is 0 Å². The molecule has 310 valence electrons. The van der Waals surface area contributed by atoms with Crippen LogP contribution in [-0.2, 0) is 28.9 Å². The highest BCUT2D eigenvalue weighted by Gasteiger charge is 2.36. The van der Waals surface area contributed by atoms with Crippen LogP contribution in [0.25, 0.3) is 59.1 Å². The summed E-state index contributed by atoms with van der Waals surface area (Å²) in [5.41, 5.74) is 7.13. The molecule has 4 aromatic heterocycles. The minimum Gasteiger partial charge on any atom is -0.481 e. The fraction of sp³-hybridized carbons (Fsp3) is 0.298. The van der Waals surface area contributed by atoms with E-state index in [1.165, 1.54) is 6.07 Å². The van der Waals surface area contributed by atoms with Crippen LogP contribution in [0.2, 0.25) is 0 Å². The Morgan fingerprint density at radius 2 is 1.55 bits per heavy atom. The highest BCUT2D eigenvalue weighted by Crippen LogP contribution is 2.45. The summed E-state index contributed by atoms with van der Waals surface area (Å²) in [6.07, 6.45) is 1.71. The number of thiazole rings is 1. The molecule has 3 aromatic carbocycles. The fourth-order valence-corrected chi connectivity index (χ4v) is 10.5. The normalized spacial score (nSPS) is 13.7. The van der Waals surface area contributed by atoms with Crippen molar-refractivity contribution in [2.24, 2.45) is 0 Å². The maximum absolute atomic E-state index is 14.7. The summed E-state index contributed by atoms with van der Waals surface area (Å²) in [6.45, 7) is 3.32. The molecule has 0 amide bonds. The lowest BCUT2D eigenvalue weighted by Crippen LogP contribution is -2.18. The van der Waals surface area contributed by atoms with Gasteiger partial charge < -0.3 is 25.2 Å². The van der Waals surface area contributed by atoms with Crippen molar-refractivity contribution in [1.29, 1.82) is 0 Å². The predicted octanol–water partition coefficient (Wildman–Crippen LogP) is 11.8. The van der Waals surface area contributed by atoms with Crippen molar-refractivity contribution in [3.63, 3.8) is 0 Å². The van der Waals surface area contributed by atoms with E-state index in [1.807, 2.05) is 71.3 Å². The Labute approximate surface area is 353 Å². The van der Waals surface area contributed by atoms with Gasteiger partial charge in [-0.05, 0) is 84.3 Å². The monoisotopic (exact) mass is 850 g/mol. The van der Waals surface area contributed by atoms with E-state index in [4.69, 9.17) is 4.98 Å². The first kappa shape index (κ1) is 41.4. The van der Waals surface area contributed by atoms with E-state index in [9.17, 15) is 33.0 Å². The van der Waals surface area contributed by atoms with Gasteiger partial charge in [-0.2, -0.15) is 13.2 Å². The van der Waals surface area contributed by atoms with Crippen LogP contribution in [0.5, 0.6) is 0 Å². The average Bonchev–Trinajstić information content (AvgIpc) is 3.98. The van der Waals surface area contributed by atoms with Crippen molar-refractivity contribution in [3.8, 4) is 43.5 Å². The number of carbonyl (C=O) groups is 2. The number of carboxylic acids is 2. The summed E-state index contributed by atoms with van der Waals surface area (Å²) in [5.74, 6) is -1.93. The summed E-state index contributed by atoms with van der Waals surface area (Å²) in [5, 5.41) is 27.0. The van der Waals surface area contributed by atoms with Gasteiger partial charge in [-0.3, -0.25) is 9.59 Å². The topological polar surface area (TPSA) is 116 Å². The first-order chi connectivity index (χ1) is 28.9. The molecule has 8 rings (SSSR count). The Balaban J connectivity index is 1.28. The van der Waals surface area contributed by atoms with Crippen molar-refractivity contribution >= 4 is 50.2 Å². The number of halogens is 3. The van der Waals surface area contributed by atoms with Gasteiger partial charge in [0, 0.05) is 69.5 Å². The lowest BCUT2D eigenvalue weighted by atomic mass is 9.81. The Bertz CT molecular complexity index is 2680. The minimum absolute atomic E-state index is 0.0462. The molecule has 4 heterocycles. The van der Waals surface area contributed by atoms with Gasteiger partial charge >= 0.3 is 18.1 Å². The van der Waals surface area contributed by atoms with E-state index in [2.05, 4.69) is 29.7 Å². The highest BCUT2D eigenvalue weighted by atomic mass is 32.1.